The van der Waals surface area contributed by atoms with Crippen LogP contribution in [0, 0.1) is 10.1 Å². The summed E-state index contributed by atoms with van der Waals surface area (Å²) in [5.41, 5.74) is 6.99. The number of rotatable bonds is 7. The van der Waals surface area contributed by atoms with Crippen molar-refractivity contribution < 1.29 is 14.8 Å². The number of non-ortho nitro benzene ring substituents is 1. The van der Waals surface area contributed by atoms with Gasteiger partial charge in [-0.2, -0.15) is 5.10 Å². The Morgan fingerprint density at radius 3 is 2.83 bits per heavy atom. The van der Waals surface area contributed by atoms with Crippen LogP contribution in [0.1, 0.15) is 15.9 Å². The Balaban J connectivity index is 2.11. The van der Waals surface area contributed by atoms with Crippen LogP contribution in [0.2, 0.25) is 0 Å². The van der Waals surface area contributed by atoms with Gasteiger partial charge in [-0.15, -0.1) is 17.9 Å². The van der Waals surface area contributed by atoms with E-state index in [1.807, 2.05) is 0 Å². The molecule has 0 aliphatic rings. The lowest BCUT2D eigenvalue weighted by molar-refractivity contribution is -0.384. The topological polar surface area (TPSA) is 136 Å². The van der Waals surface area contributed by atoms with Gasteiger partial charge >= 0.3 is 0 Å². The Labute approximate surface area is 174 Å². The number of primary amides is 1. The number of nitro groups is 1. The predicted molar refractivity (Wildman–Crippen MR) is 115 cm³/mol. The second kappa shape index (κ2) is 8.97. The van der Waals surface area contributed by atoms with Crippen LogP contribution in [0.25, 0.3) is 11.3 Å². The number of carbonyl (C=O) groups is 1. The average Bonchev–Trinajstić information content (AvgIpc) is 3.13. The maximum absolute atomic E-state index is 11.6. The van der Waals surface area contributed by atoms with Crippen molar-refractivity contribution in [1.82, 2.24) is 4.68 Å². The first kappa shape index (κ1) is 20.7. The molecule has 1 amide bonds. The SMILES string of the molecule is C=CCN=c1scc(-c2ccc(O)c(C(N)=O)c2)n1N=Cc1cccc([N+](=O)[O-])c1. The number of nitro benzene ring substituents is 1. The lowest BCUT2D eigenvalue weighted by Gasteiger charge is -2.06. The summed E-state index contributed by atoms with van der Waals surface area (Å²) in [5, 5.41) is 27.1. The number of nitrogens with two attached hydrogens (primary N) is 1. The van der Waals surface area contributed by atoms with E-state index in [9.17, 15) is 20.0 Å². The molecule has 0 spiro atoms. The van der Waals surface area contributed by atoms with Crippen molar-refractivity contribution in [3.8, 4) is 17.0 Å². The molecule has 0 radical (unpaired) electrons. The molecule has 0 fully saturated rings. The number of benzene rings is 2. The van der Waals surface area contributed by atoms with Crippen molar-refractivity contribution in [2.75, 3.05) is 6.54 Å². The molecule has 0 aliphatic heterocycles. The van der Waals surface area contributed by atoms with Gasteiger partial charge in [-0.05, 0) is 18.2 Å². The summed E-state index contributed by atoms with van der Waals surface area (Å²) < 4.78 is 1.55. The normalized spacial score (nSPS) is 11.7. The third kappa shape index (κ3) is 4.50. The lowest BCUT2D eigenvalue weighted by Crippen LogP contribution is -2.13. The molecular weight excluding hydrogens is 406 g/mol. The zero-order chi connectivity index (χ0) is 21.7. The number of carbonyl (C=O) groups excluding carboxylic acids is 1. The van der Waals surface area contributed by atoms with Gasteiger partial charge in [-0.3, -0.25) is 19.9 Å². The van der Waals surface area contributed by atoms with E-state index in [4.69, 9.17) is 5.73 Å². The first-order chi connectivity index (χ1) is 14.4. The lowest BCUT2D eigenvalue weighted by atomic mass is 10.1. The van der Waals surface area contributed by atoms with Gasteiger partial charge < -0.3 is 10.8 Å². The molecule has 152 valence electrons. The van der Waals surface area contributed by atoms with Crippen LogP contribution in [-0.4, -0.2) is 33.4 Å². The molecule has 3 rings (SSSR count). The van der Waals surface area contributed by atoms with Crippen LogP contribution >= 0.6 is 11.3 Å². The Morgan fingerprint density at radius 1 is 1.33 bits per heavy atom. The third-order valence-electron chi connectivity index (χ3n) is 4.00. The highest BCUT2D eigenvalue weighted by molar-refractivity contribution is 7.07. The third-order valence-corrected chi connectivity index (χ3v) is 4.86. The maximum atomic E-state index is 11.6. The van der Waals surface area contributed by atoms with Gasteiger partial charge in [0.05, 0.1) is 28.9 Å². The van der Waals surface area contributed by atoms with Crippen LogP contribution in [-0.2, 0) is 0 Å². The van der Waals surface area contributed by atoms with E-state index in [1.54, 1.807) is 34.3 Å². The first-order valence-corrected chi connectivity index (χ1v) is 9.52. The smallest absolute Gasteiger partial charge is 0.270 e. The molecule has 0 bridgehead atoms. The van der Waals surface area contributed by atoms with Gasteiger partial charge in [-0.25, -0.2) is 4.68 Å². The van der Waals surface area contributed by atoms with Crippen molar-refractivity contribution >= 4 is 29.1 Å². The van der Waals surface area contributed by atoms with Gasteiger partial charge in [0.25, 0.3) is 11.6 Å². The van der Waals surface area contributed by atoms with Gasteiger partial charge in [0, 0.05) is 28.6 Å². The second-order valence-corrected chi connectivity index (χ2v) is 6.87. The van der Waals surface area contributed by atoms with Gasteiger partial charge in [0.1, 0.15) is 5.75 Å². The summed E-state index contributed by atoms with van der Waals surface area (Å²) >= 11 is 1.32. The molecule has 9 nitrogen and oxygen atoms in total. The average molecular weight is 423 g/mol. The van der Waals surface area contributed by atoms with Gasteiger partial charge in [0.15, 0.2) is 0 Å². The quantitative estimate of drug-likeness (QED) is 0.261. The number of aromatic nitrogens is 1. The standard InChI is InChI=1S/C20H17N5O4S/c1-2-8-22-20-24(23-11-13-4-3-5-15(9-13)25(28)29)17(12-30-20)14-6-7-18(26)16(10-14)19(21)27/h2-7,9-12,26H,1,8H2,(H2,21,27). The molecular formula is C20H17N5O4S. The summed E-state index contributed by atoms with van der Waals surface area (Å²) in [4.78, 5) is 27.0. The van der Waals surface area contributed by atoms with E-state index in [2.05, 4.69) is 16.7 Å². The van der Waals surface area contributed by atoms with Crippen molar-refractivity contribution in [3.05, 3.63) is 86.5 Å². The molecule has 0 saturated heterocycles. The number of aromatic hydroxyl groups is 1. The van der Waals surface area contributed by atoms with Crippen LogP contribution in [0.4, 0.5) is 5.69 Å². The monoisotopic (exact) mass is 423 g/mol. The van der Waals surface area contributed by atoms with E-state index < -0.39 is 10.8 Å². The summed E-state index contributed by atoms with van der Waals surface area (Å²) in [6.07, 6.45) is 3.12. The Bertz CT molecular complexity index is 1230. The fraction of sp³-hybridized carbons (Fsp3) is 0.0500. The number of phenols is 1. The molecule has 30 heavy (non-hydrogen) atoms. The number of hydrogen-bond donors (Lipinski definition) is 2. The zero-order valence-corrected chi connectivity index (χ0v) is 16.5. The largest absolute Gasteiger partial charge is 0.507 e. The highest BCUT2D eigenvalue weighted by Crippen LogP contribution is 2.26. The molecule has 2 aromatic carbocycles. The summed E-state index contributed by atoms with van der Waals surface area (Å²) in [5.74, 6) is -0.975. The predicted octanol–water partition coefficient (Wildman–Crippen LogP) is 2.90. The van der Waals surface area contributed by atoms with Crippen molar-refractivity contribution in [3.63, 3.8) is 0 Å². The zero-order valence-electron chi connectivity index (χ0n) is 15.6. The fourth-order valence-corrected chi connectivity index (χ4v) is 3.44. The van der Waals surface area contributed by atoms with Crippen molar-refractivity contribution in [2.45, 2.75) is 0 Å². The summed E-state index contributed by atoms with van der Waals surface area (Å²) in [6.45, 7) is 4.02. The number of hydrogen-bond acceptors (Lipinski definition) is 7. The van der Waals surface area contributed by atoms with E-state index in [1.165, 1.54) is 41.8 Å². The van der Waals surface area contributed by atoms with Crippen LogP contribution in [0.15, 0.2) is 70.6 Å². The summed E-state index contributed by atoms with van der Waals surface area (Å²) in [6, 6.07) is 10.5. The highest BCUT2D eigenvalue weighted by atomic mass is 32.1. The molecule has 3 aromatic rings. The van der Waals surface area contributed by atoms with Crippen LogP contribution in [0.5, 0.6) is 5.75 Å². The van der Waals surface area contributed by atoms with Crippen LogP contribution < -0.4 is 10.5 Å². The highest BCUT2D eigenvalue weighted by Gasteiger charge is 2.13. The Kier molecular flexibility index (Phi) is 6.18. The van der Waals surface area contributed by atoms with Crippen LogP contribution in [0.3, 0.4) is 0 Å². The van der Waals surface area contributed by atoms with E-state index in [-0.39, 0.29) is 17.0 Å². The van der Waals surface area contributed by atoms with E-state index in [0.29, 0.717) is 28.2 Å². The minimum absolute atomic E-state index is 0.0162. The molecule has 1 heterocycles. The molecule has 3 N–H and O–H groups in total. The van der Waals surface area contributed by atoms with E-state index >= 15 is 0 Å². The Hall–Kier alpha value is -4.05. The summed E-state index contributed by atoms with van der Waals surface area (Å²) in [7, 11) is 0. The number of amides is 1. The molecule has 10 heteroatoms. The Morgan fingerprint density at radius 2 is 2.13 bits per heavy atom. The van der Waals surface area contributed by atoms with Crippen molar-refractivity contribution in [1.29, 1.82) is 0 Å². The number of nitrogens with zero attached hydrogens (tertiary/aromatic N) is 4. The fourth-order valence-electron chi connectivity index (χ4n) is 2.60. The molecule has 0 saturated carbocycles. The van der Waals surface area contributed by atoms with Crippen molar-refractivity contribution in [2.24, 2.45) is 15.8 Å². The molecule has 0 unspecified atom stereocenters. The minimum atomic E-state index is -0.757. The second-order valence-electron chi connectivity index (χ2n) is 6.04. The first-order valence-electron chi connectivity index (χ1n) is 8.64. The molecule has 0 aliphatic carbocycles. The van der Waals surface area contributed by atoms with E-state index in [0.717, 1.165) is 0 Å². The molecule has 1 aromatic heterocycles. The maximum Gasteiger partial charge on any atom is 0.270 e. The van der Waals surface area contributed by atoms with Gasteiger partial charge in [-0.1, -0.05) is 18.2 Å². The number of thiazole rings is 1. The minimum Gasteiger partial charge on any atom is -0.507 e. The molecule has 0 atom stereocenters. The van der Waals surface area contributed by atoms with Gasteiger partial charge in [0.2, 0.25) is 4.80 Å².